The van der Waals surface area contributed by atoms with Crippen molar-refractivity contribution in [2.45, 2.75) is 64.8 Å². The summed E-state index contributed by atoms with van der Waals surface area (Å²) in [6, 6.07) is 0.497. The Morgan fingerprint density at radius 3 is 2.82 bits per heavy atom. The lowest BCUT2D eigenvalue weighted by atomic mass is 9.97. The standard InChI is InChI=1S/C14H27NO2/c1-3-4-10-17-14(16)11-15-13-9-7-5-6-8-12(13)2/h12-13,15H,3-11H2,1-2H3. The molecule has 0 bridgehead atoms. The average molecular weight is 241 g/mol. The van der Waals surface area contributed by atoms with Crippen molar-refractivity contribution in [3.05, 3.63) is 0 Å². The third kappa shape index (κ3) is 6.06. The van der Waals surface area contributed by atoms with E-state index in [0.717, 1.165) is 12.8 Å². The SMILES string of the molecule is CCCCOC(=O)CNC1CCCCCC1C. The van der Waals surface area contributed by atoms with Gasteiger partial charge in [0, 0.05) is 6.04 Å². The first-order valence-corrected chi connectivity index (χ1v) is 7.13. The van der Waals surface area contributed by atoms with Crippen molar-refractivity contribution >= 4 is 5.97 Å². The van der Waals surface area contributed by atoms with Gasteiger partial charge in [-0.1, -0.05) is 39.5 Å². The van der Waals surface area contributed by atoms with Crippen LogP contribution in [0.3, 0.4) is 0 Å². The maximum absolute atomic E-state index is 11.5. The second-order valence-electron chi connectivity index (χ2n) is 5.18. The third-order valence-electron chi connectivity index (χ3n) is 3.63. The third-order valence-corrected chi connectivity index (χ3v) is 3.63. The Labute approximate surface area is 105 Å². The minimum Gasteiger partial charge on any atom is -0.465 e. The Hall–Kier alpha value is -0.570. The Balaban J connectivity index is 2.16. The van der Waals surface area contributed by atoms with Crippen LogP contribution in [0.25, 0.3) is 0 Å². The normalized spacial score (nSPS) is 25.3. The molecule has 0 aliphatic heterocycles. The average Bonchev–Trinajstić information content (AvgIpc) is 2.52. The molecule has 100 valence electrons. The van der Waals surface area contributed by atoms with E-state index >= 15 is 0 Å². The highest BCUT2D eigenvalue weighted by molar-refractivity contribution is 5.71. The molecule has 1 N–H and O–H groups in total. The van der Waals surface area contributed by atoms with Crippen LogP contribution in [0.15, 0.2) is 0 Å². The van der Waals surface area contributed by atoms with Crippen LogP contribution in [-0.4, -0.2) is 25.2 Å². The smallest absolute Gasteiger partial charge is 0.319 e. The number of ether oxygens (including phenoxy) is 1. The van der Waals surface area contributed by atoms with Crippen LogP contribution in [0, 0.1) is 5.92 Å². The van der Waals surface area contributed by atoms with Crippen molar-refractivity contribution in [1.82, 2.24) is 5.32 Å². The van der Waals surface area contributed by atoms with Gasteiger partial charge in [-0.3, -0.25) is 4.79 Å². The molecule has 0 aromatic rings. The van der Waals surface area contributed by atoms with Crippen LogP contribution >= 0.6 is 0 Å². The van der Waals surface area contributed by atoms with Crippen molar-refractivity contribution in [3.63, 3.8) is 0 Å². The van der Waals surface area contributed by atoms with Gasteiger partial charge in [0.15, 0.2) is 0 Å². The quantitative estimate of drug-likeness (QED) is 0.441. The molecule has 3 nitrogen and oxygen atoms in total. The van der Waals surface area contributed by atoms with Crippen molar-refractivity contribution in [2.24, 2.45) is 5.92 Å². The van der Waals surface area contributed by atoms with E-state index in [4.69, 9.17) is 4.74 Å². The highest BCUT2D eigenvalue weighted by atomic mass is 16.5. The van der Waals surface area contributed by atoms with Gasteiger partial charge in [0.1, 0.15) is 0 Å². The van der Waals surface area contributed by atoms with Gasteiger partial charge in [0.05, 0.1) is 13.2 Å². The topological polar surface area (TPSA) is 38.3 Å². The molecule has 2 atom stereocenters. The summed E-state index contributed by atoms with van der Waals surface area (Å²) in [6.45, 7) is 5.32. The number of carbonyl (C=O) groups is 1. The predicted octanol–water partition coefficient (Wildman–Crippen LogP) is 2.89. The molecule has 1 fully saturated rings. The van der Waals surface area contributed by atoms with E-state index in [1.807, 2.05) is 0 Å². The van der Waals surface area contributed by atoms with Gasteiger partial charge in [-0.2, -0.15) is 0 Å². The fourth-order valence-corrected chi connectivity index (χ4v) is 2.39. The molecule has 0 spiro atoms. The first-order chi connectivity index (χ1) is 8.24. The van der Waals surface area contributed by atoms with Gasteiger partial charge in [0.2, 0.25) is 0 Å². The molecular formula is C14H27NO2. The minimum absolute atomic E-state index is 0.102. The zero-order chi connectivity index (χ0) is 12.5. The van der Waals surface area contributed by atoms with Crippen LogP contribution in [0.5, 0.6) is 0 Å². The predicted molar refractivity (Wildman–Crippen MR) is 69.9 cm³/mol. The summed E-state index contributed by atoms with van der Waals surface area (Å²) >= 11 is 0. The Morgan fingerprint density at radius 2 is 2.06 bits per heavy atom. The number of rotatable bonds is 6. The zero-order valence-corrected chi connectivity index (χ0v) is 11.3. The summed E-state index contributed by atoms with van der Waals surface area (Å²) in [7, 11) is 0. The highest BCUT2D eigenvalue weighted by Gasteiger charge is 2.20. The highest BCUT2D eigenvalue weighted by Crippen LogP contribution is 2.22. The Kier molecular flexibility index (Phi) is 7.25. The van der Waals surface area contributed by atoms with Crippen molar-refractivity contribution in [1.29, 1.82) is 0 Å². The maximum atomic E-state index is 11.5. The van der Waals surface area contributed by atoms with Crippen LogP contribution in [-0.2, 0) is 9.53 Å². The monoisotopic (exact) mass is 241 g/mol. The summed E-state index contributed by atoms with van der Waals surface area (Å²) < 4.78 is 5.14. The first-order valence-electron chi connectivity index (χ1n) is 7.13. The number of carbonyl (C=O) groups excluding carboxylic acids is 1. The lowest BCUT2D eigenvalue weighted by molar-refractivity contribution is -0.142. The van der Waals surface area contributed by atoms with E-state index in [2.05, 4.69) is 19.2 Å². The Morgan fingerprint density at radius 1 is 1.29 bits per heavy atom. The molecular weight excluding hydrogens is 214 g/mol. The molecule has 0 radical (unpaired) electrons. The van der Waals surface area contributed by atoms with Crippen LogP contribution < -0.4 is 5.32 Å². The van der Waals surface area contributed by atoms with Crippen LogP contribution in [0.4, 0.5) is 0 Å². The van der Waals surface area contributed by atoms with Gasteiger partial charge in [0.25, 0.3) is 0 Å². The molecule has 1 aliphatic rings. The summed E-state index contributed by atoms with van der Waals surface area (Å²) in [5, 5.41) is 3.36. The van der Waals surface area contributed by atoms with E-state index in [0.29, 0.717) is 25.1 Å². The number of esters is 1. The number of hydrogen-bond donors (Lipinski definition) is 1. The molecule has 0 aromatic heterocycles. The van der Waals surface area contributed by atoms with E-state index in [9.17, 15) is 4.79 Å². The second kappa shape index (κ2) is 8.51. The largest absolute Gasteiger partial charge is 0.465 e. The molecule has 0 heterocycles. The number of hydrogen-bond acceptors (Lipinski definition) is 3. The van der Waals surface area contributed by atoms with E-state index in [1.165, 1.54) is 32.1 Å². The minimum atomic E-state index is -0.102. The fraction of sp³-hybridized carbons (Fsp3) is 0.929. The molecule has 0 aromatic carbocycles. The zero-order valence-electron chi connectivity index (χ0n) is 11.3. The van der Waals surface area contributed by atoms with Crippen molar-refractivity contribution < 1.29 is 9.53 Å². The Bertz CT molecular complexity index is 218. The van der Waals surface area contributed by atoms with E-state index in [1.54, 1.807) is 0 Å². The summed E-state index contributed by atoms with van der Waals surface area (Å²) in [4.78, 5) is 11.5. The molecule has 17 heavy (non-hydrogen) atoms. The summed E-state index contributed by atoms with van der Waals surface area (Å²) in [5.74, 6) is 0.579. The first kappa shape index (κ1) is 14.5. The molecule has 2 unspecified atom stereocenters. The maximum Gasteiger partial charge on any atom is 0.319 e. The molecule has 0 amide bonds. The van der Waals surface area contributed by atoms with Gasteiger partial charge in [-0.05, 0) is 25.2 Å². The van der Waals surface area contributed by atoms with E-state index in [-0.39, 0.29) is 5.97 Å². The lowest BCUT2D eigenvalue weighted by Crippen LogP contribution is -2.38. The molecule has 1 rings (SSSR count). The molecule has 0 saturated heterocycles. The summed E-state index contributed by atoms with van der Waals surface area (Å²) in [5.41, 5.74) is 0. The second-order valence-corrected chi connectivity index (χ2v) is 5.18. The van der Waals surface area contributed by atoms with Crippen molar-refractivity contribution in [3.8, 4) is 0 Å². The lowest BCUT2D eigenvalue weighted by Gasteiger charge is -2.22. The van der Waals surface area contributed by atoms with E-state index < -0.39 is 0 Å². The van der Waals surface area contributed by atoms with Gasteiger partial charge in [-0.25, -0.2) is 0 Å². The molecule has 1 saturated carbocycles. The van der Waals surface area contributed by atoms with Crippen molar-refractivity contribution in [2.75, 3.05) is 13.2 Å². The van der Waals surface area contributed by atoms with Crippen LogP contribution in [0.2, 0.25) is 0 Å². The van der Waals surface area contributed by atoms with Crippen LogP contribution in [0.1, 0.15) is 58.8 Å². The molecule has 1 aliphatic carbocycles. The number of unbranched alkanes of at least 4 members (excludes halogenated alkanes) is 1. The van der Waals surface area contributed by atoms with Gasteiger partial charge >= 0.3 is 5.97 Å². The molecule has 3 heteroatoms. The fourth-order valence-electron chi connectivity index (χ4n) is 2.39. The van der Waals surface area contributed by atoms with Gasteiger partial charge in [-0.15, -0.1) is 0 Å². The van der Waals surface area contributed by atoms with Gasteiger partial charge < -0.3 is 10.1 Å². The summed E-state index contributed by atoms with van der Waals surface area (Å²) in [6.07, 6.45) is 8.47. The number of nitrogens with one attached hydrogen (secondary N) is 1.